The normalized spacial score (nSPS) is 11.0. The van der Waals surface area contributed by atoms with Gasteiger partial charge in [-0.25, -0.2) is 9.97 Å². The fraction of sp³-hybridized carbons (Fsp3) is 0.0556. The zero-order chi connectivity index (χ0) is 17.4. The van der Waals surface area contributed by atoms with Crippen LogP contribution in [0.25, 0.3) is 16.6 Å². The number of halogens is 1. The van der Waals surface area contributed by atoms with Crippen LogP contribution in [0.4, 0.5) is 17.5 Å². The van der Waals surface area contributed by atoms with Crippen LogP contribution in [-0.2, 0) is 0 Å². The van der Waals surface area contributed by atoms with E-state index in [2.05, 4.69) is 30.9 Å². The van der Waals surface area contributed by atoms with Crippen molar-refractivity contribution >= 4 is 40.0 Å². The van der Waals surface area contributed by atoms with Crippen molar-refractivity contribution in [3.63, 3.8) is 0 Å². The number of aromatic nitrogens is 4. The van der Waals surface area contributed by atoms with Crippen LogP contribution >= 0.6 is 11.6 Å². The average molecular weight is 351 g/mol. The molecule has 3 N–H and O–H groups in total. The standard InChI is InChI=1S/C18H15ClN6/c1-11-9-12-4-5-13(23-18-22-8-6-16(20)24-18)10-15(12)25(11)14-3-2-7-21-17(14)19/h2-10H,1H3,(H3,20,22,23,24). The minimum absolute atomic E-state index is 0.417. The number of fused-ring (bicyclic) bond motifs is 1. The number of nitrogens with two attached hydrogens (primary N) is 1. The third-order valence-electron chi connectivity index (χ3n) is 3.90. The first-order valence-corrected chi connectivity index (χ1v) is 8.08. The van der Waals surface area contributed by atoms with Gasteiger partial charge in [-0.1, -0.05) is 17.7 Å². The van der Waals surface area contributed by atoms with Crippen LogP contribution in [0, 0.1) is 6.92 Å². The summed E-state index contributed by atoms with van der Waals surface area (Å²) in [6.07, 6.45) is 3.29. The molecule has 0 atom stereocenters. The second kappa shape index (κ2) is 6.07. The molecule has 25 heavy (non-hydrogen) atoms. The summed E-state index contributed by atoms with van der Waals surface area (Å²) < 4.78 is 2.08. The van der Waals surface area contributed by atoms with E-state index in [1.165, 1.54) is 0 Å². The smallest absolute Gasteiger partial charge is 0.229 e. The Labute approximate surface area is 149 Å². The van der Waals surface area contributed by atoms with Crippen molar-refractivity contribution in [3.8, 4) is 5.69 Å². The largest absolute Gasteiger partial charge is 0.384 e. The zero-order valence-electron chi connectivity index (χ0n) is 13.4. The molecule has 4 rings (SSSR count). The number of pyridine rings is 1. The summed E-state index contributed by atoms with van der Waals surface area (Å²) in [4.78, 5) is 12.5. The molecule has 0 aliphatic carbocycles. The molecule has 0 aliphatic rings. The first kappa shape index (κ1) is 15.4. The zero-order valence-corrected chi connectivity index (χ0v) is 14.2. The van der Waals surface area contributed by atoms with Crippen molar-refractivity contribution in [2.45, 2.75) is 6.92 Å². The molecule has 3 heterocycles. The van der Waals surface area contributed by atoms with Crippen molar-refractivity contribution in [2.24, 2.45) is 0 Å². The molecule has 0 radical (unpaired) electrons. The van der Waals surface area contributed by atoms with E-state index in [-0.39, 0.29) is 0 Å². The Morgan fingerprint density at radius 2 is 1.96 bits per heavy atom. The molecule has 0 saturated heterocycles. The van der Waals surface area contributed by atoms with Gasteiger partial charge in [0, 0.05) is 29.2 Å². The van der Waals surface area contributed by atoms with Crippen molar-refractivity contribution in [1.29, 1.82) is 0 Å². The topological polar surface area (TPSA) is 81.6 Å². The van der Waals surface area contributed by atoms with Gasteiger partial charge in [0.25, 0.3) is 0 Å². The molecule has 0 bridgehead atoms. The van der Waals surface area contributed by atoms with Gasteiger partial charge in [0.15, 0.2) is 5.15 Å². The molecule has 0 unspecified atom stereocenters. The Kier molecular flexibility index (Phi) is 3.74. The highest BCUT2D eigenvalue weighted by Crippen LogP contribution is 2.29. The van der Waals surface area contributed by atoms with Gasteiger partial charge in [-0.05, 0) is 43.3 Å². The maximum Gasteiger partial charge on any atom is 0.229 e. The Balaban J connectivity index is 1.82. The van der Waals surface area contributed by atoms with E-state index < -0.39 is 0 Å². The predicted octanol–water partition coefficient (Wildman–Crippen LogP) is 4.10. The number of hydrogen-bond acceptors (Lipinski definition) is 5. The lowest BCUT2D eigenvalue weighted by Gasteiger charge is -2.11. The third kappa shape index (κ3) is 2.88. The predicted molar refractivity (Wildman–Crippen MR) is 101 cm³/mol. The maximum atomic E-state index is 6.29. The molecule has 124 valence electrons. The van der Waals surface area contributed by atoms with Gasteiger partial charge in [0.1, 0.15) is 5.82 Å². The molecule has 0 aliphatic heterocycles. The lowest BCUT2D eigenvalue weighted by Crippen LogP contribution is -2.01. The molecule has 1 aromatic carbocycles. The van der Waals surface area contributed by atoms with E-state index in [1.807, 2.05) is 37.3 Å². The van der Waals surface area contributed by atoms with E-state index in [0.717, 1.165) is 28.0 Å². The van der Waals surface area contributed by atoms with E-state index in [1.54, 1.807) is 18.5 Å². The van der Waals surface area contributed by atoms with Gasteiger partial charge < -0.3 is 15.6 Å². The quantitative estimate of drug-likeness (QED) is 0.543. The van der Waals surface area contributed by atoms with Crippen LogP contribution in [-0.4, -0.2) is 19.5 Å². The number of nitrogens with one attached hydrogen (secondary N) is 1. The summed E-state index contributed by atoms with van der Waals surface area (Å²) in [5, 5.41) is 4.74. The first-order chi connectivity index (χ1) is 12.1. The molecule has 0 spiro atoms. The molecule has 0 amide bonds. The second-order valence-corrected chi connectivity index (χ2v) is 6.00. The molecule has 0 saturated carbocycles. The van der Waals surface area contributed by atoms with Gasteiger partial charge in [0.05, 0.1) is 11.2 Å². The van der Waals surface area contributed by atoms with Crippen LogP contribution < -0.4 is 11.1 Å². The van der Waals surface area contributed by atoms with Crippen molar-refractivity contribution < 1.29 is 0 Å². The van der Waals surface area contributed by atoms with Gasteiger partial charge >= 0.3 is 0 Å². The lowest BCUT2D eigenvalue weighted by atomic mass is 10.2. The van der Waals surface area contributed by atoms with Crippen molar-refractivity contribution in [1.82, 2.24) is 19.5 Å². The monoisotopic (exact) mass is 350 g/mol. The first-order valence-electron chi connectivity index (χ1n) is 7.70. The average Bonchev–Trinajstić information content (AvgIpc) is 2.91. The van der Waals surface area contributed by atoms with E-state index in [0.29, 0.717) is 16.9 Å². The van der Waals surface area contributed by atoms with Gasteiger partial charge in [-0.2, -0.15) is 4.98 Å². The number of rotatable bonds is 3. The third-order valence-corrected chi connectivity index (χ3v) is 4.19. The molecule has 3 aromatic heterocycles. The highest BCUT2D eigenvalue weighted by molar-refractivity contribution is 6.31. The van der Waals surface area contributed by atoms with Crippen LogP contribution in [0.15, 0.2) is 54.9 Å². The number of nitrogen functional groups attached to an aromatic ring is 1. The Morgan fingerprint density at radius 1 is 1.08 bits per heavy atom. The summed E-state index contributed by atoms with van der Waals surface area (Å²) in [7, 11) is 0. The highest BCUT2D eigenvalue weighted by atomic mass is 35.5. The fourth-order valence-corrected chi connectivity index (χ4v) is 3.05. The summed E-state index contributed by atoms with van der Waals surface area (Å²) in [5.74, 6) is 0.869. The Hall–Kier alpha value is -3.12. The van der Waals surface area contributed by atoms with Crippen LogP contribution in [0.3, 0.4) is 0 Å². The number of nitrogens with zero attached hydrogens (tertiary/aromatic N) is 4. The molecule has 0 fully saturated rings. The summed E-state index contributed by atoms with van der Waals surface area (Å²) >= 11 is 6.29. The van der Waals surface area contributed by atoms with E-state index in [9.17, 15) is 0 Å². The van der Waals surface area contributed by atoms with Gasteiger partial charge in [-0.15, -0.1) is 0 Å². The number of benzene rings is 1. The number of aryl methyl sites for hydroxylation is 1. The molecule has 7 heteroatoms. The molecular weight excluding hydrogens is 336 g/mol. The Morgan fingerprint density at radius 3 is 2.76 bits per heavy atom. The van der Waals surface area contributed by atoms with Crippen molar-refractivity contribution in [2.75, 3.05) is 11.1 Å². The maximum absolute atomic E-state index is 6.29. The van der Waals surface area contributed by atoms with Crippen LogP contribution in [0.1, 0.15) is 5.69 Å². The molecular formula is C18H15ClN6. The second-order valence-electron chi connectivity index (χ2n) is 5.64. The van der Waals surface area contributed by atoms with Crippen LogP contribution in [0.5, 0.6) is 0 Å². The van der Waals surface area contributed by atoms with Gasteiger partial charge in [0.2, 0.25) is 5.95 Å². The summed E-state index contributed by atoms with van der Waals surface area (Å²) in [6, 6.07) is 13.6. The number of anilines is 3. The number of hydrogen-bond donors (Lipinski definition) is 2. The molecule has 4 aromatic rings. The highest BCUT2D eigenvalue weighted by Gasteiger charge is 2.12. The van der Waals surface area contributed by atoms with E-state index in [4.69, 9.17) is 17.3 Å². The summed E-state index contributed by atoms with van der Waals surface area (Å²) in [6.45, 7) is 2.04. The lowest BCUT2D eigenvalue weighted by molar-refractivity contribution is 1.04. The minimum atomic E-state index is 0.417. The SMILES string of the molecule is Cc1cc2ccc(Nc3nccc(N)n3)cc2n1-c1cccnc1Cl. The van der Waals surface area contributed by atoms with Gasteiger partial charge in [-0.3, -0.25) is 0 Å². The van der Waals surface area contributed by atoms with E-state index >= 15 is 0 Å². The fourth-order valence-electron chi connectivity index (χ4n) is 2.84. The Bertz CT molecular complexity index is 1070. The minimum Gasteiger partial charge on any atom is -0.384 e. The summed E-state index contributed by atoms with van der Waals surface area (Å²) in [5.41, 5.74) is 9.49. The van der Waals surface area contributed by atoms with Crippen molar-refractivity contribution in [3.05, 3.63) is 65.7 Å². The van der Waals surface area contributed by atoms with Crippen LogP contribution in [0.2, 0.25) is 5.15 Å². The molecule has 6 nitrogen and oxygen atoms in total.